The smallest absolute Gasteiger partial charge is 0.387 e. The van der Waals surface area contributed by atoms with E-state index in [1.54, 1.807) is 7.11 Å². The summed E-state index contributed by atoms with van der Waals surface area (Å²) in [6.45, 7) is 1.97. The molecule has 2 heterocycles. The van der Waals surface area contributed by atoms with Gasteiger partial charge in [0, 0.05) is 30.4 Å². The molecule has 0 radical (unpaired) electrons. The first kappa shape index (κ1) is 33.7. The Morgan fingerprint density at radius 1 is 1.13 bits per heavy atom. The van der Waals surface area contributed by atoms with Crippen LogP contribution in [0.25, 0.3) is 0 Å². The minimum absolute atomic E-state index is 0. The van der Waals surface area contributed by atoms with Crippen LogP contribution in [0.4, 0.5) is 0 Å². The summed E-state index contributed by atoms with van der Waals surface area (Å²) in [5.74, 6) is -1.89. The van der Waals surface area contributed by atoms with Crippen molar-refractivity contribution in [3.05, 3.63) is 23.3 Å². The largest absolute Gasteiger partial charge is 0.493 e. The minimum atomic E-state index is -2.34. The van der Waals surface area contributed by atoms with E-state index in [9.17, 15) is 19.2 Å². The third-order valence-electron chi connectivity index (χ3n) is 7.63. The highest BCUT2D eigenvalue weighted by atomic mass is 17.2. The summed E-state index contributed by atoms with van der Waals surface area (Å²) in [6, 6.07) is 4.73. The number of aliphatic carboxylic acids is 1. The number of aliphatic hydroxyl groups excluding tert-OH is 2. The quantitative estimate of drug-likeness (QED) is 0.250. The molecule has 5 rings (SSSR count). The van der Waals surface area contributed by atoms with Gasteiger partial charge in [0.25, 0.3) is 0 Å². The number of carbonyl (C=O) groups is 4. The molecule has 15 heteroatoms. The number of hydrogen-bond acceptors (Lipinski definition) is 11. The fourth-order valence-corrected chi connectivity index (χ4v) is 6.08. The van der Waals surface area contributed by atoms with Crippen LogP contribution in [-0.2, 0) is 40.8 Å². The first-order chi connectivity index (χ1) is 17.0. The molecule has 0 amide bonds. The van der Waals surface area contributed by atoms with Crippen LogP contribution in [0.15, 0.2) is 12.1 Å². The van der Waals surface area contributed by atoms with Gasteiger partial charge in [-0.05, 0) is 50.4 Å². The number of carboxylic acids is 1. The van der Waals surface area contributed by atoms with Gasteiger partial charge in [-0.2, -0.15) is 0 Å². The second-order valence-electron chi connectivity index (χ2n) is 9.49. The molecular weight excluding hydrogens is 526 g/mol. The highest BCUT2D eigenvalue weighted by molar-refractivity contribution is 5.89. The summed E-state index contributed by atoms with van der Waals surface area (Å²) in [5, 5.41) is 25.6. The summed E-state index contributed by atoms with van der Waals surface area (Å²) in [5.41, 5.74) is 2.57. The second kappa shape index (κ2) is 12.7. The molecule has 9 N–H and O–H groups in total. The summed E-state index contributed by atoms with van der Waals surface area (Å²) < 4.78 is 11.8. The van der Waals surface area contributed by atoms with Gasteiger partial charge in [-0.1, -0.05) is 6.07 Å². The number of benzene rings is 1. The lowest BCUT2D eigenvalue weighted by Gasteiger charge is -2.57. The Morgan fingerprint density at radius 2 is 1.79 bits per heavy atom. The Kier molecular flexibility index (Phi) is 10.9. The zero-order chi connectivity index (χ0) is 26.4. The number of hydrogen-bond donors (Lipinski definition) is 3. The maximum absolute atomic E-state index is 12.6. The van der Waals surface area contributed by atoms with E-state index in [0.29, 0.717) is 18.4 Å². The van der Waals surface area contributed by atoms with Crippen molar-refractivity contribution in [2.75, 3.05) is 20.7 Å². The number of nitrogens with zero attached hydrogens (tertiary/aromatic N) is 1. The van der Waals surface area contributed by atoms with Gasteiger partial charge < -0.3 is 46.1 Å². The third kappa shape index (κ3) is 5.54. The van der Waals surface area contributed by atoms with Crippen LogP contribution in [0.1, 0.15) is 37.3 Å². The van der Waals surface area contributed by atoms with Crippen LogP contribution < -0.4 is 9.47 Å². The Morgan fingerprint density at radius 3 is 2.38 bits per heavy atom. The Balaban J connectivity index is 0.000000400. The van der Waals surface area contributed by atoms with Crippen molar-refractivity contribution in [1.29, 1.82) is 0 Å². The van der Waals surface area contributed by atoms with Crippen molar-refractivity contribution in [1.82, 2.24) is 4.90 Å². The number of rotatable bonds is 4. The van der Waals surface area contributed by atoms with E-state index in [2.05, 4.69) is 27.8 Å². The highest BCUT2D eigenvalue weighted by Crippen LogP contribution is 2.63. The van der Waals surface area contributed by atoms with Crippen LogP contribution >= 0.6 is 0 Å². The van der Waals surface area contributed by atoms with Gasteiger partial charge in [0.1, 0.15) is 0 Å². The highest BCUT2D eigenvalue weighted by Gasteiger charge is 2.65. The number of aliphatic hydroxyl groups is 2. The maximum atomic E-state index is 12.6. The van der Waals surface area contributed by atoms with E-state index in [-0.39, 0.29) is 33.7 Å². The maximum Gasteiger partial charge on any atom is 0.387 e. The molecule has 1 saturated heterocycles. The van der Waals surface area contributed by atoms with Crippen molar-refractivity contribution < 1.29 is 70.2 Å². The van der Waals surface area contributed by atoms with Gasteiger partial charge >= 0.3 is 17.9 Å². The van der Waals surface area contributed by atoms with Crippen LogP contribution in [0.2, 0.25) is 0 Å². The van der Waals surface area contributed by atoms with Crippen molar-refractivity contribution in [2.24, 2.45) is 5.92 Å². The number of Topliss-reactive ketones (excluding diaryl/α,β-unsaturated/α-hetero) is 1. The lowest BCUT2D eigenvalue weighted by Crippen LogP contribution is -2.65. The van der Waals surface area contributed by atoms with Gasteiger partial charge in [-0.15, -0.1) is 0 Å². The van der Waals surface area contributed by atoms with Crippen molar-refractivity contribution in [2.45, 2.75) is 62.4 Å². The first-order valence-electron chi connectivity index (χ1n) is 11.6. The normalized spacial score (nSPS) is 26.7. The summed E-state index contributed by atoms with van der Waals surface area (Å²) in [6.07, 6.45) is -1.18. The number of ether oxygens (including phenoxy) is 2. The molecule has 2 bridgehead atoms. The first-order valence-corrected chi connectivity index (χ1v) is 11.6. The monoisotopic (exact) mass is 561 g/mol. The number of ketones is 1. The third-order valence-corrected chi connectivity index (χ3v) is 7.63. The molecule has 220 valence electrons. The van der Waals surface area contributed by atoms with E-state index < -0.39 is 30.1 Å². The molecule has 0 aromatic heterocycles. The van der Waals surface area contributed by atoms with Gasteiger partial charge in [-0.25, -0.2) is 24.2 Å². The van der Waals surface area contributed by atoms with E-state index in [1.165, 1.54) is 11.1 Å². The zero-order valence-electron chi connectivity index (χ0n) is 21.6. The molecule has 6 atom stereocenters. The van der Waals surface area contributed by atoms with Crippen molar-refractivity contribution in [3.8, 4) is 11.5 Å². The molecule has 1 aromatic carbocycles. The number of carbonyl (C=O) groups excluding carboxylic acids is 3. The average molecular weight is 562 g/mol. The predicted molar refractivity (Wildman–Crippen MR) is 130 cm³/mol. The average Bonchev–Trinajstić information content (AvgIpc) is 3.21. The van der Waals surface area contributed by atoms with Crippen LogP contribution in [-0.4, -0.2) is 105 Å². The van der Waals surface area contributed by atoms with E-state index >= 15 is 0 Å². The molecule has 0 unspecified atom stereocenters. The SMILES string of the molecule is CC(=O)OOC(=O)[C@H](O)[C@@H](O)C(=O)O.COc1ccc2c3c1O[C@H]1C(=O)CC[C@H]4[C@@H](C2)N(C)CC[C@]314.O.O.O. The van der Waals surface area contributed by atoms with Crippen LogP contribution in [0.3, 0.4) is 0 Å². The zero-order valence-corrected chi connectivity index (χ0v) is 21.6. The van der Waals surface area contributed by atoms with Gasteiger partial charge in [0.2, 0.25) is 0 Å². The Labute approximate surface area is 223 Å². The molecule has 2 fully saturated rings. The Hall–Kier alpha value is -3.34. The van der Waals surface area contributed by atoms with Crippen LogP contribution in [0, 0.1) is 5.92 Å². The molecule has 1 spiro atoms. The summed E-state index contributed by atoms with van der Waals surface area (Å²) in [7, 11) is 3.91. The molecule has 1 aromatic rings. The topological polar surface area (TPSA) is 264 Å². The molecule has 15 nitrogen and oxygen atoms in total. The van der Waals surface area contributed by atoms with E-state index in [4.69, 9.17) is 24.8 Å². The number of likely N-dealkylation sites (N-methyl/N-ethyl adjacent to an activating group) is 1. The number of methoxy groups -OCH3 is 1. The Bertz CT molecular complexity index is 1090. The van der Waals surface area contributed by atoms with Crippen molar-refractivity contribution in [3.63, 3.8) is 0 Å². The number of carboxylic acid groups (broad SMARTS) is 1. The minimum Gasteiger partial charge on any atom is -0.493 e. The molecule has 2 aliphatic carbocycles. The summed E-state index contributed by atoms with van der Waals surface area (Å²) in [4.78, 5) is 53.3. The van der Waals surface area contributed by atoms with E-state index in [1.807, 2.05) is 6.07 Å². The lowest BCUT2D eigenvalue weighted by atomic mass is 9.52. The fourth-order valence-electron chi connectivity index (χ4n) is 6.08. The molecule has 1 saturated carbocycles. The van der Waals surface area contributed by atoms with Crippen molar-refractivity contribution >= 4 is 23.7 Å². The lowest BCUT2D eigenvalue weighted by molar-refractivity contribution is -0.265. The summed E-state index contributed by atoms with van der Waals surface area (Å²) >= 11 is 0. The number of likely N-dealkylation sites (tertiary alicyclic amines) is 1. The van der Waals surface area contributed by atoms with Gasteiger partial charge in [0.15, 0.2) is 35.6 Å². The fraction of sp³-hybridized carbons (Fsp3) is 0.583. The van der Waals surface area contributed by atoms with Gasteiger partial charge in [-0.3, -0.25) is 4.79 Å². The molecule has 4 aliphatic rings. The van der Waals surface area contributed by atoms with Crippen LogP contribution in [0.5, 0.6) is 11.5 Å². The number of piperidine rings is 1. The predicted octanol–water partition coefficient (Wildman–Crippen LogP) is -2.73. The van der Waals surface area contributed by atoms with E-state index in [0.717, 1.165) is 44.2 Å². The van der Waals surface area contributed by atoms with Gasteiger partial charge in [0.05, 0.1) is 7.11 Å². The standard InChI is InChI=1S/C18H21NO3.C6H8O8.3H2O/c1-19-8-7-18-11-4-5-13(20)17(18)22-16-14(21-2)6-3-10(15(16)18)9-12(11)19;1-2(7)13-14-6(12)4(9)3(8)5(10)11;;;/h3,6,11-12,17H,4-5,7-9H2,1-2H3;3-4,8-9H,1H3,(H,10,11);3*1H2/t11-,12+,17-,18-;3-,4-;;;/m01.../s1. The second-order valence-corrected chi connectivity index (χ2v) is 9.49. The molecular formula is C24H35NO14. The molecule has 2 aliphatic heterocycles. The molecule has 39 heavy (non-hydrogen) atoms.